The van der Waals surface area contributed by atoms with Crippen LogP contribution >= 0.6 is 0 Å². The van der Waals surface area contributed by atoms with Crippen LogP contribution in [-0.4, -0.2) is 30.0 Å². The van der Waals surface area contributed by atoms with Gasteiger partial charge in [0.1, 0.15) is 17.7 Å². The van der Waals surface area contributed by atoms with Gasteiger partial charge in [0.2, 0.25) is 0 Å². The van der Waals surface area contributed by atoms with Gasteiger partial charge in [-0.2, -0.15) is 0 Å². The van der Waals surface area contributed by atoms with Crippen molar-refractivity contribution in [2.75, 3.05) is 18.6 Å². The first-order valence-electron chi connectivity index (χ1n) is 8.59. The number of anilines is 1. The number of ether oxygens (including phenoxy) is 1. The smallest absolute Gasteiger partial charge is 0.412 e. The molecule has 0 radical (unpaired) electrons. The van der Waals surface area contributed by atoms with Crippen LogP contribution in [0.5, 0.6) is 0 Å². The second kappa shape index (κ2) is 7.21. The minimum Gasteiger partial charge on any atom is -0.519 e. The molecule has 1 aromatic carbocycles. The molecular weight excluding hydrogens is 348 g/mol. The lowest BCUT2D eigenvalue weighted by Crippen LogP contribution is -2.54. The van der Waals surface area contributed by atoms with E-state index in [1.165, 1.54) is 5.56 Å². The number of fused-ring (bicyclic) bond motifs is 1. The zero-order chi connectivity index (χ0) is 17.9. The van der Waals surface area contributed by atoms with E-state index in [1.807, 2.05) is 24.0 Å². The zero-order valence-electron chi connectivity index (χ0n) is 14.9. The molecule has 2 unspecified atom stereocenters. The highest BCUT2D eigenvalue weighted by molar-refractivity contribution is 6.93. The SMILES string of the molecule is C=C[Si]1(C)OC2=C(OCCNNc3ccccc3CC2)[Si](C)(C=C)O1. The van der Waals surface area contributed by atoms with Gasteiger partial charge in [-0.05, 0) is 36.8 Å². The van der Waals surface area contributed by atoms with Gasteiger partial charge in [0, 0.05) is 13.0 Å². The molecule has 5 nitrogen and oxygen atoms in total. The van der Waals surface area contributed by atoms with Crippen LogP contribution in [0.4, 0.5) is 5.69 Å². The number of hydrogen-bond donors (Lipinski definition) is 2. The molecule has 3 rings (SSSR count). The van der Waals surface area contributed by atoms with Crippen molar-refractivity contribution in [3.63, 3.8) is 0 Å². The first-order valence-corrected chi connectivity index (χ1v) is 13.5. The Balaban J connectivity index is 1.99. The Bertz CT molecular complexity index is 709. The van der Waals surface area contributed by atoms with Gasteiger partial charge in [-0.1, -0.05) is 23.9 Å². The van der Waals surface area contributed by atoms with Gasteiger partial charge in [0.25, 0.3) is 8.32 Å². The Morgan fingerprint density at radius 3 is 2.68 bits per heavy atom. The van der Waals surface area contributed by atoms with E-state index in [0.29, 0.717) is 13.2 Å². The van der Waals surface area contributed by atoms with Crippen LogP contribution < -0.4 is 10.9 Å². The third kappa shape index (κ3) is 3.74. The molecule has 2 heterocycles. The highest BCUT2D eigenvalue weighted by Crippen LogP contribution is 2.36. The number of rotatable bonds is 2. The number of allylic oxidation sites excluding steroid dienone is 1. The summed E-state index contributed by atoms with van der Waals surface area (Å²) in [5, 5.41) is 0.857. The van der Waals surface area contributed by atoms with Gasteiger partial charge < -0.3 is 18.7 Å². The van der Waals surface area contributed by atoms with Crippen molar-refractivity contribution in [1.29, 1.82) is 0 Å². The van der Waals surface area contributed by atoms with Crippen molar-refractivity contribution in [2.45, 2.75) is 25.9 Å². The molecule has 134 valence electrons. The highest BCUT2D eigenvalue weighted by Gasteiger charge is 2.49. The van der Waals surface area contributed by atoms with Crippen LogP contribution in [0, 0.1) is 0 Å². The largest absolute Gasteiger partial charge is 0.519 e. The summed E-state index contributed by atoms with van der Waals surface area (Å²) >= 11 is 0. The minimum atomic E-state index is -2.46. The molecule has 1 aromatic rings. The predicted molar refractivity (Wildman–Crippen MR) is 105 cm³/mol. The fourth-order valence-corrected chi connectivity index (χ4v) is 9.88. The second-order valence-electron chi connectivity index (χ2n) is 6.55. The van der Waals surface area contributed by atoms with E-state index in [-0.39, 0.29) is 0 Å². The van der Waals surface area contributed by atoms with Crippen molar-refractivity contribution in [3.8, 4) is 0 Å². The summed E-state index contributed by atoms with van der Waals surface area (Å²) in [6.07, 6.45) is 1.63. The molecule has 0 amide bonds. The molecule has 0 saturated heterocycles. The van der Waals surface area contributed by atoms with Crippen LogP contribution in [-0.2, 0) is 19.7 Å². The van der Waals surface area contributed by atoms with Gasteiger partial charge in [-0.3, -0.25) is 0 Å². The third-order valence-corrected chi connectivity index (χ3v) is 11.4. The summed E-state index contributed by atoms with van der Waals surface area (Å²) in [6.45, 7) is 13.3. The third-order valence-electron chi connectivity index (χ3n) is 4.54. The fourth-order valence-electron chi connectivity index (χ4n) is 3.13. The average molecular weight is 375 g/mol. The maximum atomic E-state index is 6.40. The van der Waals surface area contributed by atoms with E-state index in [2.05, 4.69) is 48.8 Å². The molecule has 2 aliphatic heterocycles. The van der Waals surface area contributed by atoms with E-state index in [0.717, 1.165) is 29.7 Å². The summed E-state index contributed by atoms with van der Waals surface area (Å²) in [5.74, 6) is 0.908. The lowest BCUT2D eigenvalue weighted by atomic mass is 10.1. The van der Waals surface area contributed by atoms with Crippen molar-refractivity contribution in [1.82, 2.24) is 5.43 Å². The summed E-state index contributed by atoms with van der Waals surface area (Å²) in [7, 11) is -4.85. The topological polar surface area (TPSA) is 51.8 Å². The van der Waals surface area contributed by atoms with E-state index in [1.54, 1.807) is 0 Å². The molecule has 7 heteroatoms. The molecule has 0 spiro atoms. The van der Waals surface area contributed by atoms with Gasteiger partial charge in [-0.25, -0.2) is 5.43 Å². The summed E-state index contributed by atoms with van der Waals surface area (Å²) < 4.78 is 18.8. The molecule has 0 aliphatic carbocycles. The van der Waals surface area contributed by atoms with Crippen molar-refractivity contribution in [3.05, 3.63) is 65.5 Å². The molecule has 2 aliphatic rings. The van der Waals surface area contributed by atoms with Crippen LogP contribution in [0.15, 0.2) is 60.0 Å². The number of aryl methyl sites for hydroxylation is 1. The number of hydrazine groups is 1. The molecule has 2 atom stereocenters. The van der Waals surface area contributed by atoms with Crippen LogP contribution in [0.1, 0.15) is 12.0 Å². The number of benzene rings is 1. The first-order chi connectivity index (χ1) is 12.0. The Morgan fingerprint density at radius 2 is 1.92 bits per heavy atom. The lowest BCUT2D eigenvalue weighted by Gasteiger charge is -2.41. The zero-order valence-corrected chi connectivity index (χ0v) is 16.9. The normalized spacial score (nSPS) is 29.7. The van der Waals surface area contributed by atoms with E-state index >= 15 is 0 Å². The molecule has 0 fully saturated rings. The van der Waals surface area contributed by atoms with Crippen LogP contribution in [0.25, 0.3) is 0 Å². The number of para-hydroxylation sites is 1. The van der Waals surface area contributed by atoms with E-state index in [9.17, 15) is 0 Å². The molecule has 25 heavy (non-hydrogen) atoms. The molecule has 0 saturated carbocycles. The standard InChI is InChI=1S/C18H26N2O3Si2/c1-5-24(3)18-17(22-25(4,6-2)23-24)12-11-15-9-7-8-10-16(15)20-19-13-14-21-18/h5-10,19-20H,1-2,11-14H2,3-4H3. The van der Waals surface area contributed by atoms with Crippen molar-refractivity contribution in [2.24, 2.45) is 0 Å². The van der Waals surface area contributed by atoms with Gasteiger partial charge in [-0.15, -0.1) is 13.2 Å². The molecule has 2 N–H and O–H groups in total. The monoisotopic (exact) mass is 374 g/mol. The molecule has 0 bridgehead atoms. The van der Waals surface area contributed by atoms with Gasteiger partial charge in [0.15, 0.2) is 0 Å². The molecule has 0 aromatic heterocycles. The Hall–Kier alpha value is -1.81. The van der Waals surface area contributed by atoms with Gasteiger partial charge >= 0.3 is 8.56 Å². The summed E-state index contributed by atoms with van der Waals surface area (Å²) in [4.78, 5) is 0. The van der Waals surface area contributed by atoms with Crippen LogP contribution in [0.2, 0.25) is 13.1 Å². The second-order valence-corrected chi connectivity index (χ2v) is 13.1. The van der Waals surface area contributed by atoms with E-state index < -0.39 is 16.9 Å². The highest BCUT2D eigenvalue weighted by atomic mass is 28.4. The van der Waals surface area contributed by atoms with Crippen molar-refractivity contribution < 1.29 is 13.3 Å². The Morgan fingerprint density at radius 1 is 1.12 bits per heavy atom. The summed E-state index contributed by atoms with van der Waals surface area (Å²) in [5.41, 5.74) is 12.6. The van der Waals surface area contributed by atoms with Gasteiger partial charge in [0.05, 0.1) is 5.69 Å². The quantitative estimate of drug-likeness (QED) is 0.777. The first kappa shape index (κ1) is 18.0. The Kier molecular flexibility index (Phi) is 5.19. The maximum Gasteiger partial charge on any atom is 0.412 e. The van der Waals surface area contributed by atoms with Crippen molar-refractivity contribution >= 4 is 22.6 Å². The predicted octanol–water partition coefficient (Wildman–Crippen LogP) is 3.46. The Labute approximate surface area is 151 Å². The minimum absolute atomic E-state index is 0.531. The maximum absolute atomic E-state index is 6.40. The van der Waals surface area contributed by atoms with E-state index in [4.69, 9.17) is 13.3 Å². The average Bonchev–Trinajstić information content (AvgIpc) is 2.65. The summed E-state index contributed by atoms with van der Waals surface area (Å²) in [6, 6.07) is 8.30. The fraction of sp³-hybridized carbons (Fsp3) is 0.333. The molecular formula is C18H26N2O3Si2. The lowest BCUT2D eigenvalue weighted by molar-refractivity contribution is 0.183. The number of hydrogen-bond acceptors (Lipinski definition) is 5. The van der Waals surface area contributed by atoms with Crippen LogP contribution in [0.3, 0.4) is 0 Å². The number of nitrogens with one attached hydrogen (secondary N) is 2.